The molecule has 0 atom stereocenters. The molecular weight excluding hydrogens is 294 g/mol. The minimum Gasteiger partial charge on any atom is -0.497 e. The first-order valence-electron chi connectivity index (χ1n) is 7.85. The third kappa shape index (κ3) is 5.09. The van der Waals surface area contributed by atoms with Crippen LogP contribution in [-0.4, -0.2) is 42.6 Å². The van der Waals surface area contributed by atoms with Crippen LogP contribution in [0, 0.1) is 0 Å². The molecule has 0 radical (unpaired) electrons. The Labute approximate surface area is 136 Å². The SMILES string of the molecule is COc1ccc(/C(C)=N\NC(=O)CN2CCCCCC2=O)cc1. The summed E-state index contributed by atoms with van der Waals surface area (Å²) in [6.07, 6.45) is 3.43. The van der Waals surface area contributed by atoms with Crippen molar-refractivity contribution in [3.8, 4) is 5.75 Å². The first-order chi connectivity index (χ1) is 11.1. The molecule has 1 aromatic rings. The number of rotatable bonds is 5. The Balaban J connectivity index is 1.89. The average molecular weight is 317 g/mol. The lowest BCUT2D eigenvalue weighted by Crippen LogP contribution is -2.39. The fourth-order valence-electron chi connectivity index (χ4n) is 2.46. The molecule has 2 rings (SSSR count). The largest absolute Gasteiger partial charge is 0.497 e. The second kappa shape index (κ2) is 8.31. The molecule has 124 valence electrons. The summed E-state index contributed by atoms with van der Waals surface area (Å²) in [4.78, 5) is 25.5. The van der Waals surface area contributed by atoms with Crippen LogP contribution in [0.15, 0.2) is 29.4 Å². The number of hydrogen-bond donors (Lipinski definition) is 1. The van der Waals surface area contributed by atoms with Gasteiger partial charge in [0.1, 0.15) is 12.3 Å². The molecule has 23 heavy (non-hydrogen) atoms. The van der Waals surface area contributed by atoms with Crippen molar-refractivity contribution in [2.24, 2.45) is 5.10 Å². The number of nitrogens with one attached hydrogen (secondary N) is 1. The lowest BCUT2D eigenvalue weighted by molar-refractivity contribution is -0.135. The normalized spacial score (nSPS) is 16.0. The minimum absolute atomic E-state index is 0.0495. The Bertz CT molecular complexity index is 581. The molecule has 0 saturated carbocycles. The lowest BCUT2D eigenvalue weighted by atomic mass is 10.1. The van der Waals surface area contributed by atoms with Crippen molar-refractivity contribution >= 4 is 17.5 Å². The number of carbonyl (C=O) groups is 2. The first-order valence-corrected chi connectivity index (χ1v) is 7.85. The predicted octanol–water partition coefficient (Wildman–Crippen LogP) is 1.94. The molecule has 0 bridgehead atoms. The Morgan fingerprint density at radius 2 is 2.00 bits per heavy atom. The monoisotopic (exact) mass is 317 g/mol. The highest BCUT2D eigenvalue weighted by Crippen LogP contribution is 2.12. The molecule has 1 aliphatic heterocycles. The molecule has 0 aliphatic carbocycles. The number of amides is 2. The van der Waals surface area contributed by atoms with Gasteiger partial charge in [-0.3, -0.25) is 9.59 Å². The molecule has 6 heteroatoms. The van der Waals surface area contributed by atoms with E-state index in [0.717, 1.165) is 30.6 Å². The Morgan fingerprint density at radius 1 is 1.26 bits per heavy atom. The number of carbonyl (C=O) groups excluding carboxylic acids is 2. The van der Waals surface area contributed by atoms with Gasteiger partial charge in [0.25, 0.3) is 5.91 Å². The van der Waals surface area contributed by atoms with E-state index in [4.69, 9.17) is 4.74 Å². The second-order valence-corrected chi connectivity index (χ2v) is 5.59. The van der Waals surface area contributed by atoms with Crippen LogP contribution in [0.5, 0.6) is 5.75 Å². The van der Waals surface area contributed by atoms with E-state index in [9.17, 15) is 9.59 Å². The van der Waals surface area contributed by atoms with Crippen LogP contribution >= 0.6 is 0 Å². The fraction of sp³-hybridized carbons (Fsp3) is 0.471. The number of likely N-dealkylation sites (tertiary alicyclic amines) is 1. The van der Waals surface area contributed by atoms with Gasteiger partial charge in [-0.1, -0.05) is 6.42 Å². The van der Waals surface area contributed by atoms with Crippen LogP contribution in [0.2, 0.25) is 0 Å². The van der Waals surface area contributed by atoms with Crippen molar-refractivity contribution in [1.82, 2.24) is 10.3 Å². The van der Waals surface area contributed by atoms with E-state index in [-0.39, 0.29) is 18.4 Å². The Kier molecular flexibility index (Phi) is 6.14. The summed E-state index contributed by atoms with van der Waals surface area (Å²) in [5.41, 5.74) is 4.12. The molecule has 6 nitrogen and oxygen atoms in total. The highest BCUT2D eigenvalue weighted by atomic mass is 16.5. The van der Waals surface area contributed by atoms with Crippen LogP contribution < -0.4 is 10.2 Å². The summed E-state index contributed by atoms with van der Waals surface area (Å²) in [6.45, 7) is 2.53. The molecule has 0 unspecified atom stereocenters. The van der Waals surface area contributed by atoms with Crippen LogP contribution in [0.4, 0.5) is 0 Å². The van der Waals surface area contributed by atoms with Crippen LogP contribution in [0.1, 0.15) is 38.2 Å². The first kappa shape index (κ1) is 17.0. The van der Waals surface area contributed by atoms with E-state index in [0.29, 0.717) is 18.7 Å². The molecule has 0 spiro atoms. The van der Waals surface area contributed by atoms with E-state index in [1.165, 1.54) is 0 Å². The maximum absolute atomic E-state index is 12.0. The van der Waals surface area contributed by atoms with Gasteiger partial charge < -0.3 is 9.64 Å². The summed E-state index contributed by atoms with van der Waals surface area (Å²) < 4.78 is 5.10. The number of nitrogens with zero attached hydrogens (tertiary/aromatic N) is 2. The molecule has 0 aromatic heterocycles. The highest BCUT2D eigenvalue weighted by Gasteiger charge is 2.18. The predicted molar refractivity (Wildman–Crippen MR) is 88.4 cm³/mol. The van der Waals surface area contributed by atoms with Gasteiger partial charge in [0.05, 0.1) is 12.8 Å². The van der Waals surface area contributed by atoms with Gasteiger partial charge in [-0.15, -0.1) is 0 Å². The molecule has 1 aliphatic rings. The number of hydrogen-bond acceptors (Lipinski definition) is 4. The van der Waals surface area contributed by atoms with Crippen molar-refractivity contribution in [1.29, 1.82) is 0 Å². The standard InChI is InChI=1S/C17H23N3O3/c1-13(14-7-9-15(23-2)10-8-14)18-19-16(21)12-20-11-5-3-4-6-17(20)22/h7-10H,3-6,11-12H2,1-2H3,(H,19,21)/b18-13-. The lowest BCUT2D eigenvalue weighted by Gasteiger charge is -2.19. The topological polar surface area (TPSA) is 71.0 Å². The van der Waals surface area contributed by atoms with E-state index in [1.54, 1.807) is 12.0 Å². The average Bonchev–Trinajstić information content (AvgIpc) is 2.77. The smallest absolute Gasteiger partial charge is 0.259 e. The molecule has 2 amide bonds. The van der Waals surface area contributed by atoms with E-state index < -0.39 is 0 Å². The maximum atomic E-state index is 12.0. The highest BCUT2D eigenvalue weighted by molar-refractivity contribution is 5.99. The van der Waals surface area contributed by atoms with Crippen molar-refractivity contribution in [2.45, 2.75) is 32.6 Å². The number of benzene rings is 1. The quantitative estimate of drug-likeness (QED) is 0.666. The van der Waals surface area contributed by atoms with E-state index in [1.807, 2.05) is 31.2 Å². The Morgan fingerprint density at radius 3 is 2.70 bits per heavy atom. The van der Waals surface area contributed by atoms with Gasteiger partial charge in [-0.05, 0) is 49.6 Å². The summed E-state index contributed by atoms with van der Waals surface area (Å²) in [7, 11) is 1.61. The molecule has 1 heterocycles. The summed E-state index contributed by atoms with van der Waals surface area (Å²) in [5.74, 6) is 0.548. The molecule has 1 fully saturated rings. The van der Waals surface area contributed by atoms with Crippen LogP contribution in [0.3, 0.4) is 0 Å². The van der Waals surface area contributed by atoms with Gasteiger partial charge in [-0.2, -0.15) is 5.10 Å². The fourth-order valence-corrected chi connectivity index (χ4v) is 2.46. The summed E-state index contributed by atoms with van der Waals surface area (Å²) >= 11 is 0. The number of methoxy groups -OCH3 is 1. The molecule has 1 aromatic carbocycles. The van der Waals surface area contributed by atoms with Crippen LogP contribution in [0.25, 0.3) is 0 Å². The van der Waals surface area contributed by atoms with Gasteiger partial charge in [0, 0.05) is 13.0 Å². The zero-order chi connectivity index (χ0) is 16.7. The third-order valence-electron chi connectivity index (χ3n) is 3.86. The zero-order valence-electron chi connectivity index (χ0n) is 13.7. The van der Waals surface area contributed by atoms with E-state index in [2.05, 4.69) is 10.5 Å². The van der Waals surface area contributed by atoms with Crippen molar-refractivity contribution in [3.05, 3.63) is 29.8 Å². The summed E-state index contributed by atoms with van der Waals surface area (Å²) in [6, 6.07) is 7.43. The molecule has 1 N–H and O–H groups in total. The van der Waals surface area contributed by atoms with Gasteiger partial charge in [0.15, 0.2) is 0 Å². The number of hydrazone groups is 1. The number of ether oxygens (including phenoxy) is 1. The third-order valence-corrected chi connectivity index (χ3v) is 3.86. The zero-order valence-corrected chi connectivity index (χ0v) is 13.7. The molecule has 1 saturated heterocycles. The van der Waals surface area contributed by atoms with Crippen molar-refractivity contribution < 1.29 is 14.3 Å². The maximum Gasteiger partial charge on any atom is 0.259 e. The van der Waals surface area contributed by atoms with Crippen LogP contribution in [-0.2, 0) is 9.59 Å². The van der Waals surface area contributed by atoms with Gasteiger partial charge in [0.2, 0.25) is 5.91 Å². The molecular formula is C17H23N3O3. The van der Waals surface area contributed by atoms with E-state index >= 15 is 0 Å². The van der Waals surface area contributed by atoms with Gasteiger partial charge >= 0.3 is 0 Å². The minimum atomic E-state index is -0.270. The van der Waals surface area contributed by atoms with Crippen molar-refractivity contribution in [3.63, 3.8) is 0 Å². The second-order valence-electron chi connectivity index (χ2n) is 5.59. The Hall–Kier alpha value is -2.37. The van der Waals surface area contributed by atoms with Gasteiger partial charge in [-0.25, -0.2) is 5.43 Å². The van der Waals surface area contributed by atoms with Crippen molar-refractivity contribution in [2.75, 3.05) is 20.2 Å². The summed E-state index contributed by atoms with van der Waals surface area (Å²) in [5, 5.41) is 4.10.